The molecule has 0 spiro atoms. The first-order valence-corrected chi connectivity index (χ1v) is 10.1. The maximum absolute atomic E-state index is 12.4. The van der Waals surface area contributed by atoms with E-state index in [1.807, 2.05) is 24.3 Å². The Bertz CT molecular complexity index is 710. The lowest BCUT2D eigenvalue weighted by Crippen LogP contribution is -3.11. The van der Waals surface area contributed by atoms with Crippen LogP contribution in [0.25, 0.3) is 0 Å². The van der Waals surface area contributed by atoms with Crippen molar-refractivity contribution in [3.8, 4) is 0 Å². The van der Waals surface area contributed by atoms with Gasteiger partial charge in [0, 0.05) is 22.1 Å². The van der Waals surface area contributed by atoms with Gasteiger partial charge in [0.2, 0.25) is 0 Å². The largest absolute Gasteiger partial charge is 0.330 e. The number of thioether (sulfide) groups is 1. The molecule has 1 atom stereocenters. The van der Waals surface area contributed by atoms with Crippen LogP contribution in [0, 0.1) is 0 Å². The van der Waals surface area contributed by atoms with Gasteiger partial charge in [-0.25, -0.2) is 4.98 Å². The molecule has 1 aromatic heterocycles. The average molecular weight is 363 g/mol. The number of fused-ring (bicyclic) bond motifs is 1. The molecule has 1 unspecified atom stereocenters. The van der Waals surface area contributed by atoms with Crippen molar-refractivity contribution in [2.45, 2.75) is 43.9 Å². The number of rotatable bonds is 5. The van der Waals surface area contributed by atoms with Gasteiger partial charge in [0.25, 0.3) is 5.91 Å². The molecule has 2 N–H and O–H groups in total. The molecule has 0 bridgehead atoms. The zero-order valence-electron chi connectivity index (χ0n) is 14.4. The number of quaternary nitrogens is 1. The number of carbonyl (C=O) groups excluding carboxylic acids is 1. The highest BCUT2D eigenvalue weighted by atomic mass is 32.2. The Morgan fingerprint density at radius 3 is 2.79 bits per heavy atom. The number of anilines is 1. The van der Waals surface area contributed by atoms with Crippen molar-refractivity contribution in [2.75, 3.05) is 18.4 Å². The summed E-state index contributed by atoms with van der Waals surface area (Å²) in [6.45, 7) is 9.84. The van der Waals surface area contributed by atoms with Gasteiger partial charge in [0.05, 0.1) is 23.7 Å². The van der Waals surface area contributed by atoms with Crippen LogP contribution in [0.15, 0.2) is 29.2 Å². The number of aromatic nitrogens is 1. The summed E-state index contributed by atoms with van der Waals surface area (Å²) in [4.78, 5) is 21.1. The van der Waals surface area contributed by atoms with Crippen LogP contribution < -0.4 is 10.2 Å². The average Bonchev–Trinajstić information content (AvgIpc) is 2.96. The number of hydrogen-bond donors (Lipinski definition) is 2. The Kier molecular flexibility index (Phi) is 5.58. The summed E-state index contributed by atoms with van der Waals surface area (Å²) >= 11 is 3.42. The Balaban J connectivity index is 1.66. The lowest BCUT2D eigenvalue weighted by Gasteiger charge is -2.20. The van der Waals surface area contributed by atoms with Crippen LogP contribution in [0.2, 0.25) is 0 Å². The van der Waals surface area contributed by atoms with E-state index in [1.54, 1.807) is 28.0 Å². The van der Waals surface area contributed by atoms with Crippen LogP contribution in [-0.4, -0.2) is 29.2 Å². The highest BCUT2D eigenvalue weighted by molar-refractivity contribution is 7.99. The van der Waals surface area contributed by atoms with Crippen LogP contribution in [0.1, 0.15) is 41.7 Å². The minimum Gasteiger partial charge on any atom is -0.330 e. The van der Waals surface area contributed by atoms with E-state index < -0.39 is 0 Å². The predicted molar refractivity (Wildman–Crippen MR) is 101 cm³/mol. The van der Waals surface area contributed by atoms with E-state index in [2.05, 4.69) is 31.1 Å². The molecule has 1 aromatic carbocycles. The van der Waals surface area contributed by atoms with Crippen molar-refractivity contribution in [3.05, 3.63) is 40.4 Å². The fourth-order valence-corrected chi connectivity index (χ4v) is 4.72. The van der Waals surface area contributed by atoms with Crippen molar-refractivity contribution < 1.29 is 9.69 Å². The number of nitrogens with zero attached hydrogens (tertiary/aromatic N) is 1. The van der Waals surface area contributed by atoms with E-state index >= 15 is 0 Å². The molecular weight excluding hydrogens is 338 g/mol. The number of amides is 1. The molecule has 1 aliphatic rings. The fourth-order valence-electron chi connectivity index (χ4n) is 2.81. The van der Waals surface area contributed by atoms with Crippen molar-refractivity contribution >= 4 is 34.1 Å². The third-order valence-corrected chi connectivity index (χ3v) is 6.14. The smallest absolute Gasteiger partial charge is 0.257 e. The number of benzene rings is 1. The van der Waals surface area contributed by atoms with E-state index in [4.69, 9.17) is 0 Å². The van der Waals surface area contributed by atoms with Crippen molar-refractivity contribution in [1.82, 2.24) is 4.98 Å². The molecule has 0 fully saturated rings. The SMILES string of the molecule is CC[NH+]1CCc2nc(NC(=O)c3ccc(SC(C)C)cc3)sc2C1. The summed E-state index contributed by atoms with van der Waals surface area (Å²) in [5.74, 6) is -0.0816. The second-order valence-electron chi connectivity index (χ2n) is 6.31. The molecule has 4 nitrogen and oxygen atoms in total. The van der Waals surface area contributed by atoms with Gasteiger partial charge in [-0.2, -0.15) is 0 Å². The van der Waals surface area contributed by atoms with Crippen LogP contribution in [0.4, 0.5) is 5.13 Å². The first kappa shape index (κ1) is 17.5. The Morgan fingerprint density at radius 2 is 2.12 bits per heavy atom. The van der Waals surface area contributed by atoms with Crippen molar-refractivity contribution in [2.24, 2.45) is 0 Å². The van der Waals surface area contributed by atoms with Gasteiger partial charge < -0.3 is 4.90 Å². The summed E-state index contributed by atoms with van der Waals surface area (Å²) in [6, 6.07) is 7.79. The normalized spacial score (nSPS) is 16.9. The zero-order chi connectivity index (χ0) is 17.1. The third-order valence-electron chi connectivity index (χ3n) is 4.11. The van der Waals surface area contributed by atoms with E-state index in [1.165, 1.54) is 9.77 Å². The van der Waals surface area contributed by atoms with E-state index in [9.17, 15) is 4.79 Å². The Labute approximate surface area is 151 Å². The molecule has 24 heavy (non-hydrogen) atoms. The summed E-state index contributed by atoms with van der Waals surface area (Å²) in [5.41, 5.74) is 1.84. The fraction of sp³-hybridized carbons (Fsp3) is 0.444. The first-order chi connectivity index (χ1) is 11.5. The quantitative estimate of drug-likeness (QED) is 0.804. The second kappa shape index (κ2) is 7.68. The molecule has 1 aliphatic heterocycles. The molecular formula is C18H24N3OS2+. The topological polar surface area (TPSA) is 46.4 Å². The van der Waals surface area contributed by atoms with E-state index in [-0.39, 0.29) is 5.91 Å². The predicted octanol–water partition coefficient (Wildman–Crippen LogP) is 2.86. The van der Waals surface area contributed by atoms with Gasteiger partial charge in [0.15, 0.2) is 5.13 Å². The Morgan fingerprint density at radius 1 is 1.38 bits per heavy atom. The zero-order valence-corrected chi connectivity index (χ0v) is 16.0. The van der Waals surface area contributed by atoms with Crippen molar-refractivity contribution in [3.63, 3.8) is 0 Å². The number of likely N-dealkylation sites (N-methyl/N-ethyl adjacent to an activating group) is 1. The van der Waals surface area contributed by atoms with Gasteiger partial charge in [-0.15, -0.1) is 11.8 Å². The molecule has 128 valence electrons. The first-order valence-electron chi connectivity index (χ1n) is 8.45. The summed E-state index contributed by atoms with van der Waals surface area (Å²) in [6.07, 6.45) is 1.01. The second-order valence-corrected chi connectivity index (χ2v) is 9.05. The Hall–Kier alpha value is -1.37. The van der Waals surface area contributed by atoms with Crippen LogP contribution in [0.3, 0.4) is 0 Å². The highest BCUT2D eigenvalue weighted by Crippen LogP contribution is 2.26. The maximum Gasteiger partial charge on any atom is 0.257 e. The maximum atomic E-state index is 12.4. The van der Waals surface area contributed by atoms with Gasteiger partial charge in [-0.05, 0) is 31.2 Å². The molecule has 2 heterocycles. The van der Waals surface area contributed by atoms with Gasteiger partial charge >= 0.3 is 0 Å². The monoisotopic (exact) mass is 362 g/mol. The summed E-state index contributed by atoms with van der Waals surface area (Å²) in [5, 5.41) is 4.22. The van der Waals surface area contributed by atoms with Crippen LogP contribution >= 0.6 is 23.1 Å². The van der Waals surface area contributed by atoms with Crippen LogP contribution in [-0.2, 0) is 13.0 Å². The molecule has 6 heteroatoms. The lowest BCUT2D eigenvalue weighted by atomic mass is 10.2. The van der Waals surface area contributed by atoms with Crippen LogP contribution in [0.5, 0.6) is 0 Å². The number of nitrogens with one attached hydrogen (secondary N) is 2. The standard InChI is InChI=1S/C18H23N3OS2/c1-4-21-10-9-15-16(11-21)24-18(19-15)20-17(22)13-5-7-14(8-6-13)23-12(2)3/h5-8,12H,4,9-11H2,1-3H3,(H,19,20,22)/p+1. The molecule has 1 amide bonds. The molecule has 3 rings (SSSR count). The summed E-state index contributed by atoms with van der Waals surface area (Å²) in [7, 11) is 0. The molecule has 2 aromatic rings. The van der Waals surface area contributed by atoms with E-state index in [0.717, 1.165) is 36.9 Å². The van der Waals surface area contributed by atoms with E-state index in [0.29, 0.717) is 10.8 Å². The van der Waals surface area contributed by atoms with Gasteiger partial charge in [-0.3, -0.25) is 10.1 Å². The lowest BCUT2D eigenvalue weighted by molar-refractivity contribution is -0.913. The van der Waals surface area contributed by atoms with Gasteiger partial charge in [-0.1, -0.05) is 25.2 Å². The molecule has 0 saturated heterocycles. The number of thiazole rings is 1. The molecule has 0 radical (unpaired) electrons. The molecule has 0 saturated carbocycles. The van der Waals surface area contributed by atoms with Crippen molar-refractivity contribution in [1.29, 1.82) is 0 Å². The minimum absolute atomic E-state index is 0.0816. The van der Waals surface area contributed by atoms with Gasteiger partial charge in [0.1, 0.15) is 6.54 Å². The minimum atomic E-state index is -0.0816. The number of carbonyl (C=O) groups is 1. The number of hydrogen-bond acceptors (Lipinski definition) is 4. The summed E-state index contributed by atoms with van der Waals surface area (Å²) < 4.78 is 0. The highest BCUT2D eigenvalue weighted by Gasteiger charge is 2.23. The molecule has 0 aliphatic carbocycles. The third kappa shape index (κ3) is 4.18.